The van der Waals surface area contributed by atoms with Gasteiger partial charge in [0.15, 0.2) is 0 Å². The van der Waals surface area contributed by atoms with Crippen molar-refractivity contribution in [3.63, 3.8) is 0 Å². The van der Waals surface area contributed by atoms with Crippen LogP contribution in [-0.4, -0.2) is 17.9 Å². The van der Waals surface area contributed by atoms with Gasteiger partial charge in [0.1, 0.15) is 0 Å². The van der Waals surface area contributed by atoms with Gasteiger partial charge in [0.25, 0.3) is 5.91 Å². The molecule has 5 heteroatoms. The Hall–Kier alpha value is -1.20. The van der Waals surface area contributed by atoms with Gasteiger partial charge in [-0.05, 0) is 46.3 Å². The topological polar surface area (TPSA) is 33.2 Å². The molecule has 0 unspecified atom stereocenters. The van der Waals surface area contributed by atoms with Crippen LogP contribution in [0.25, 0.3) is 0 Å². The Bertz CT molecular complexity index is 572. The fraction of sp³-hybridized carbons (Fsp3) is 0.0769. The fourth-order valence-electron chi connectivity index (χ4n) is 1.53. The first kappa shape index (κ1) is 13.2. The molecular weight excluding hydrogens is 360 g/mol. The number of halogens is 2. The predicted octanol–water partition coefficient (Wildman–Crippen LogP) is 3.88. The number of benzene rings is 1. The minimum atomic E-state index is -0.0689. The summed E-state index contributed by atoms with van der Waals surface area (Å²) in [5.74, 6) is -0.0689. The van der Waals surface area contributed by atoms with Crippen LogP contribution in [0.1, 0.15) is 10.4 Å². The van der Waals surface area contributed by atoms with Gasteiger partial charge in [0.2, 0.25) is 0 Å². The van der Waals surface area contributed by atoms with Gasteiger partial charge in [-0.3, -0.25) is 9.78 Å². The summed E-state index contributed by atoms with van der Waals surface area (Å²) in [4.78, 5) is 17.9. The molecular formula is C13H10Br2N2O. The van der Waals surface area contributed by atoms with Gasteiger partial charge in [-0.1, -0.05) is 15.9 Å². The lowest BCUT2D eigenvalue weighted by molar-refractivity contribution is 0.0992. The molecule has 0 radical (unpaired) electrons. The third-order valence-corrected chi connectivity index (χ3v) is 3.67. The first-order valence-electron chi connectivity index (χ1n) is 5.22. The van der Waals surface area contributed by atoms with E-state index in [0.717, 1.165) is 14.6 Å². The van der Waals surface area contributed by atoms with E-state index in [1.54, 1.807) is 42.5 Å². The average molecular weight is 370 g/mol. The summed E-state index contributed by atoms with van der Waals surface area (Å²) in [5, 5.41) is 0. The summed E-state index contributed by atoms with van der Waals surface area (Å²) in [7, 11) is 1.74. The van der Waals surface area contributed by atoms with Crippen LogP contribution in [0.5, 0.6) is 0 Å². The van der Waals surface area contributed by atoms with Gasteiger partial charge in [-0.2, -0.15) is 0 Å². The van der Waals surface area contributed by atoms with E-state index in [1.165, 1.54) is 0 Å². The molecule has 0 aliphatic heterocycles. The van der Waals surface area contributed by atoms with Crippen LogP contribution in [0.4, 0.5) is 5.69 Å². The maximum atomic E-state index is 12.3. The number of amides is 1. The standard InChI is InChI=1S/C13H10Br2N2O/c1-17(10-4-6-16-7-5-10)13(18)11-3-2-9(14)8-12(11)15/h2-8H,1H3. The number of carbonyl (C=O) groups excluding carboxylic acids is 1. The van der Waals surface area contributed by atoms with Crippen LogP contribution >= 0.6 is 31.9 Å². The Morgan fingerprint density at radius 1 is 1.17 bits per heavy atom. The number of nitrogens with zero attached hydrogens (tertiary/aromatic N) is 2. The number of anilines is 1. The van der Waals surface area contributed by atoms with Crippen LogP contribution in [0, 0.1) is 0 Å². The van der Waals surface area contributed by atoms with Crippen molar-refractivity contribution < 1.29 is 4.79 Å². The summed E-state index contributed by atoms with van der Waals surface area (Å²) in [6.07, 6.45) is 3.32. The molecule has 0 N–H and O–H groups in total. The molecule has 3 nitrogen and oxygen atoms in total. The molecule has 2 aromatic rings. The predicted molar refractivity (Wildman–Crippen MR) is 78.8 cm³/mol. The van der Waals surface area contributed by atoms with E-state index in [1.807, 2.05) is 12.1 Å². The zero-order chi connectivity index (χ0) is 13.1. The largest absolute Gasteiger partial charge is 0.311 e. The van der Waals surface area contributed by atoms with Crippen LogP contribution in [0.3, 0.4) is 0 Å². The van der Waals surface area contributed by atoms with E-state index in [-0.39, 0.29) is 5.91 Å². The second kappa shape index (κ2) is 5.63. The monoisotopic (exact) mass is 368 g/mol. The molecule has 18 heavy (non-hydrogen) atoms. The van der Waals surface area contributed by atoms with E-state index in [2.05, 4.69) is 36.8 Å². The Kier molecular flexibility index (Phi) is 4.14. The molecule has 1 aromatic heterocycles. The lowest BCUT2D eigenvalue weighted by atomic mass is 10.2. The number of pyridine rings is 1. The maximum absolute atomic E-state index is 12.3. The maximum Gasteiger partial charge on any atom is 0.259 e. The zero-order valence-electron chi connectivity index (χ0n) is 9.60. The zero-order valence-corrected chi connectivity index (χ0v) is 12.8. The highest BCUT2D eigenvalue weighted by atomic mass is 79.9. The molecule has 0 spiro atoms. The second-order valence-electron chi connectivity index (χ2n) is 3.69. The lowest BCUT2D eigenvalue weighted by Crippen LogP contribution is -2.26. The van der Waals surface area contributed by atoms with Gasteiger partial charge in [0, 0.05) is 34.1 Å². The molecule has 0 saturated heterocycles. The van der Waals surface area contributed by atoms with Crippen molar-refractivity contribution in [1.29, 1.82) is 0 Å². The van der Waals surface area contributed by atoms with Crippen LogP contribution in [-0.2, 0) is 0 Å². The van der Waals surface area contributed by atoms with Crippen molar-refractivity contribution in [2.45, 2.75) is 0 Å². The van der Waals surface area contributed by atoms with Gasteiger partial charge in [-0.15, -0.1) is 0 Å². The van der Waals surface area contributed by atoms with E-state index in [9.17, 15) is 4.79 Å². The van der Waals surface area contributed by atoms with Gasteiger partial charge in [0.05, 0.1) is 5.56 Å². The van der Waals surface area contributed by atoms with Crippen molar-refractivity contribution in [1.82, 2.24) is 4.98 Å². The van der Waals surface area contributed by atoms with E-state index < -0.39 is 0 Å². The van der Waals surface area contributed by atoms with Crippen molar-refractivity contribution >= 4 is 43.5 Å². The molecule has 0 bridgehead atoms. The Labute approximate surface area is 122 Å². The molecule has 0 saturated carbocycles. The van der Waals surface area contributed by atoms with Crippen LogP contribution < -0.4 is 4.90 Å². The smallest absolute Gasteiger partial charge is 0.259 e. The number of hydrogen-bond acceptors (Lipinski definition) is 2. The third-order valence-electron chi connectivity index (χ3n) is 2.52. The highest BCUT2D eigenvalue weighted by molar-refractivity contribution is 9.11. The van der Waals surface area contributed by atoms with Crippen molar-refractivity contribution in [3.8, 4) is 0 Å². The third kappa shape index (κ3) is 2.79. The van der Waals surface area contributed by atoms with Crippen LogP contribution in [0.15, 0.2) is 51.7 Å². The van der Waals surface area contributed by atoms with Gasteiger partial charge < -0.3 is 4.90 Å². The summed E-state index contributed by atoms with van der Waals surface area (Å²) in [6.45, 7) is 0. The molecule has 0 aliphatic carbocycles. The Balaban J connectivity index is 2.32. The van der Waals surface area contributed by atoms with E-state index in [4.69, 9.17) is 0 Å². The highest BCUT2D eigenvalue weighted by Gasteiger charge is 2.16. The van der Waals surface area contributed by atoms with Crippen molar-refractivity contribution in [2.75, 3.05) is 11.9 Å². The minimum absolute atomic E-state index is 0.0689. The second-order valence-corrected chi connectivity index (χ2v) is 5.46. The number of aromatic nitrogens is 1. The lowest BCUT2D eigenvalue weighted by Gasteiger charge is -2.17. The molecule has 92 valence electrons. The molecule has 1 aromatic carbocycles. The molecule has 1 amide bonds. The summed E-state index contributed by atoms with van der Waals surface area (Å²) < 4.78 is 1.69. The molecule has 0 aliphatic rings. The van der Waals surface area contributed by atoms with E-state index in [0.29, 0.717) is 5.56 Å². The Morgan fingerprint density at radius 2 is 1.83 bits per heavy atom. The molecule has 0 fully saturated rings. The number of rotatable bonds is 2. The van der Waals surface area contributed by atoms with Gasteiger partial charge >= 0.3 is 0 Å². The average Bonchev–Trinajstić information content (AvgIpc) is 2.38. The Morgan fingerprint density at radius 3 is 2.44 bits per heavy atom. The quantitative estimate of drug-likeness (QED) is 0.804. The van der Waals surface area contributed by atoms with Gasteiger partial charge in [-0.25, -0.2) is 0 Å². The first-order chi connectivity index (χ1) is 8.59. The summed E-state index contributed by atoms with van der Waals surface area (Å²) >= 11 is 6.76. The minimum Gasteiger partial charge on any atom is -0.311 e. The number of carbonyl (C=O) groups is 1. The van der Waals surface area contributed by atoms with Crippen LogP contribution in [0.2, 0.25) is 0 Å². The first-order valence-corrected chi connectivity index (χ1v) is 6.81. The van der Waals surface area contributed by atoms with Crippen molar-refractivity contribution in [2.24, 2.45) is 0 Å². The molecule has 1 heterocycles. The molecule has 0 atom stereocenters. The molecule has 2 rings (SSSR count). The summed E-state index contributed by atoms with van der Waals surface area (Å²) in [6, 6.07) is 9.08. The SMILES string of the molecule is CN(C(=O)c1ccc(Br)cc1Br)c1ccncc1. The fourth-order valence-corrected chi connectivity index (χ4v) is 2.75. The summed E-state index contributed by atoms with van der Waals surface area (Å²) in [5.41, 5.74) is 1.43. The highest BCUT2D eigenvalue weighted by Crippen LogP contribution is 2.24. The van der Waals surface area contributed by atoms with E-state index >= 15 is 0 Å². The van der Waals surface area contributed by atoms with Crippen molar-refractivity contribution in [3.05, 3.63) is 57.2 Å². The number of hydrogen-bond donors (Lipinski definition) is 0. The normalized spacial score (nSPS) is 10.2.